The molecule has 0 aliphatic carbocycles. The fourth-order valence-electron chi connectivity index (χ4n) is 3.16. The molecular formula is C18H23N3OS. The van der Waals surface area contributed by atoms with Crippen LogP contribution in [-0.2, 0) is 11.2 Å². The summed E-state index contributed by atoms with van der Waals surface area (Å²) >= 11 is 1.82. The molecule has 0 radical (unpaired) electrons. The van der Waals surface area contributed by atoms with Crippen molar-refractivity contribution in [3.63, 3.8) is 0 Å². The minimum atomic E-state index is -0.310. The lowest BCUT2D eigenvalue weighted by atomic mass is 10.0. The van der Waals surface area contributed by atoms with E-state index in [1.165, 1.54) is 4.88 Å². The zero-order chi connectivity index (χ0) is 16.1. The second kappa shape index (κ2) is 7.73. The van der Waals surface area contributed by atoms with Crippen molar-refractivity contribution in [3.8, 4) is 0 Å². The number of hydrogen-bond acceptors (Lipinski definition) is 4. The molecule has 2 N–H and O–H groups in total. The molecule has 4 nitrogen and oxygen atoms in total. The molecule has 1 aliphatic heterocycles. The summed E-state index contributed by atoms with van der Waals surface area (Å²) in [6, 6.07) is 13.8. The third-order valence-corrected chi connectivity index (χ3v) is 5.35. The van der Waals surface area contributed by atoms with Crippen LogP contribution in [0.3, 0.4) is 0 Å². The zero-order valence-electron chi connectivity index (χ0n) is 13.2. The fourth-order valence-corrected chi connectivity index (χ4v) is 3.86. The summed E-state index contributed by atoms with van der Waals surface area (Å²) in [5.74, 6) is -0.261. The molecule has 3 rings (SSSR count). The first-order chi connectivity index (χ1) is 11.2. The Balaban J connectivity index is 1.55. The van der Waals surface area contributed by atoms with E-state index in [0.717, 1.165) is 44.7 Å². The second-order valence-electron chi connectivity index (χ2n) is 5.92. The summed E-state index contributed by atoms with van der Waals surface area (Å²) in [7, 11) is 0. The van der Waals surface area contributed by atoms with Crippen LogP contribution in [0.25, 0.3) is 0 Å². The number of benzene rings is 1. The normalized spacial score (nSPS) is 17.9. The van der Waals surface area contributed by atoms with Crippen molar-refractivity contribution in [2.24, 2.45) is 5.73 Å². The highest BCUT2D eigenvalue weighted by Gasteiger charge is 2.28. The van der Waals surface area contributed by atoms with Crippen molar-refractivity contribution >= 4 is 17.2 Å². The average molecular weight is 329 g/mol. The summed E-state index contributed by atoms with van der Waals surface area (Å²) in [5, 5.41) is 2.13. The Hall–Kier alpha value is -1.69. The monoisotopic (exact) mass is 329 g/mol. The molecule has 1 atom stereocenters. The SMILES string of the molecule is NC(=O)[C@H](c1ccccc1)N1CCN(CCc2cccs2)CC1. The molecule has 0 spiro atoms. The number of nitrogens with two attached hydrogens (primary N) is 1. The van der Waals surface area contributed by atoms with Crippen molar-refractivity contribution < 1.29 is 4.79 Å². The summed E-state index contributed by atoms with van der Waals surface area (Å²) in [6.45, 7) is 4.82. The van der Waals surface area contributed by atoms with Crippen molar-refractivity contribution in [1.82, 2.24) is 9.80 Å². The van der Waals surface area contributed by atoms with Crippen LogP contribution in [0.2, 0.25) is 0 Å². The van der Waals surface area contributed by atoms with E-state index in [9.17, 15) is 4.79 Å². The molecule has 1 aromatic heterocycles. The Labute approximate surface area is 141 Å². The molecule has 2 heterocycles. The fraction of sp³-hybridized carbons (Fsp3) is 0.389. The Morgan fingerprint density at radius 2 is 1.83 bits per heavy atom. The minimum Gasteiger partial charge on any atom is -0.368 e. The summed E-state index contributed by atoms with van der Waals surface area (Å²) in [6.07, 6.45) is 1.11. The van der Waals surface area contributed by atoms with Gasteiger partial charge in [-0.1, -0.05) is 36.4 Å². The van der Waals surface area contributed by atoms with Crippen molar-refractivity contribution in [2.75, 3.05) is 32.7 Å². The van der Waals surface area contributed by atoms with E-state index in [4.69, 9.17) is 5.73 Å². The third kappa shape index (κ3) is 4.19. The molecule has 2 aromatic rings. The number of piperazine rings is 1. The van der Waals surface area contributed by atoms with Crippen molar-refractivity contribution in [3.05, 3.63) is 58.3 Å². The van der Waals surface area contributed by atoms with Gasteiger partial charge in [-0.25, -0.2) is 0 Å². The molecule has 5 heteroatoms. The van der Waals surface area contributed by atoms with Crippen LogP contribution in [-0.4, -0.2) is 48.4 Å². The Bertz CT molecular complexity index is 606. The number of amides is 1. The van der Waals surface area contributed by atoms with Crippen molar-refractivity contribution in [1.29, 1.82) is 0 Å². The van der Waals surface area contributed by atoms with E-state index in [0.29, 0.717) is 0 Å². The number of carbonyl (C=O) groups is 1. The molecule has 1 fully saturated rings. The molecule has 1 saturated heterocycles. The van der Waals surface area contributed by atoms with Crippen LogP contribution in [0.1, 0.15) is 16.5 Å². The van der Waals surface area contributed by atoms with Gasteiger partial charge in [0, 0.05) is 37.6 Å². The number of hydrogen-bond donors (Lipinski definition) is 1. The lowest BCUT2D eigenvalue weighted by Gasteiger charge is -2.38. The van der Waals surface area contributed by atoms with Crippen LogP contribution in [0.5, 0.6) is 0 Å². The van der Waals surface area contributed by atoms with E-state index in [2.05, 4.69) is 27.3 Å². The van der Waals surface area contributed by atoms with Crippen LogP contribution >= 0.6 is 11.3 Å². The van der Waals surface area contributed by atoms with Gasteiger partial charge < -0.3 is 10.6 Å². The van der Waals surface area contributed by atoms with E-state index >= 15 is 0 Å². The van der Waals surface area contributed by atoms with Crippen LogP contribution in [0.4, 0.5) is 0 Å². The van der Waals surface area contributed by atoms with Crippen LogP contribution in [0, 0.1) is 0 Å². The zero-order valence-corrected chi connectivity index (χ0v) is 14.0. The predicted molar refractivity (Wildman–Crippen MR) is 94.4 cm³/mol. The first kappa shape index (κ1) is 16.2. The van der Waals surface area contributed by atoms with Crippen LogP contribution in [0.15, 0.2) is 47.8 Å². The molecule has 1 amide bonds. The van der Waals surface area contributed by atoms with E-state index in [1.807, 2.05) is 41.7 Å². The van der Waals surface area contributed by atoms with Gasteiger partial charge in [0.25, 0.3) is 0 Å². The van der Waals surface area contributed by atoms with Crippen molar-refractivity contribution in [2.45, 2.75) is 12.5 Å². The van der Waals surface area contributed by atoms with E-state index < -0.39 is 0 Å². The summed E-state index contributed by atoms with van der Waals surface area (Å²) < 4.78 is 0. The first-order valence-electron chi connectivity index (χ1n) is 8.07. The van der Waals surface area contributed by atoms with Crippen LogP contribution < -0.4 is 5.73 Å². The third-order valence-electron chi connectivity index (χ3n) is 4.41. The highest BCUT2D eigenvalue weighted by atomic mass is 32.1. The molecule has 0 saturated carbocycles. The maximum absolute atomic E-state index is 11.9. The molecule has 1 aromatic carbocycles. The molecule has 1 aliphatic rings. The number of rotatable bonds is 6. The number of thiophene rings is 1. The lowest BCUT2D eigenvalue weighted by Crippen LogP contribution is -2.50. The molecule has 0 bridgehead atoms. The van der Waals surface area contributed by atoms with Gasteiger partial charge in [-0.15, -0.1) is 11.3 Å². The Morgan fingerprint density at radius 3 is 2.43 bits per heavy atom. The standard InChI is InChI=1S/C18H23N3OS/c19-18(22)17(15-5-2-1-3-6-15)21-12-10-20(11-13-21)9-8-16-7-4-14-23-16/h1-7,14,17H,8-13H2,(H2,19,22)/t17-/m0/s1. The van der Waals surface area contributed by atoms with Gasteiger partial charge in [-0.05, 0) is 23.4 Å². The number of carbonyl (C=O) groups excluding carboxylic acids is 1. The quantitative estimate of drug-likeness (QED) is 0.883. The largest absolute Gasteiger partial charge is 0.368 e. The molecule has 0 unspecified atom stereocenters. The van der Waals surface area contributed by atoms with E-state index in [1.54, 1.807) is 0 Å². The van der Waals surface area contributed by atoms with Gasteiger partial charge in [0.05, 0.1) is 0 Å². The first-order valence-corrected chi connectivity index (χ1v) is 8.95. The molecule has 122 valence electrons. The maximum Gasteiger partial charge on any atom is 0.239 e. The second-order valence-corrected chi connectivity index (χ2v) is 6.95. The highest BCUT2D eigenvalue weighted by molar-refractivity contribution is 7.09. The summed E-state index contributed by atoms with van der Waals surface area (Å²) in [4.78, 5) is 18.0. The lowest BCUT2D eigenvalue weighted by molar-refractivity contribution is -0.124. The number of nitrogens with zero attached hydrogens (tertiary/aromatic N) is 2. The summed E-state index contributed by atoms with van der Waals surface area (Å²) in [5.41, 5.74) is 6.66. The smallest absolute Gasteiger partial charge is 0.239 e. The van der Waals surface area contributed by atoms with Gasteiger partial charge in [0.1, 0.15) is 6.04 Å². The van der Waals surface area contributed by atoms with E-state index in [-0.39, 0.29) is 11.9 Å². The Morgan fingerprint density at radius 1 is 1.09 bits per heavy atom. The minimum absolute atomic E-state index is 0.261. The number of primary amides is 1. The Kier molecular flexibility index (Phi) is 5.43. The topological polar surface area (TPSA) is 49.6 Å². The van der Waals surface area contributed by atoms with Gasteiger partial charge >= 0.3 is 0 Å². The predicted octanol–water partition coefficient (Wildman–Crippen LogP) is 2.13. The van der Waals surface area contributed by atoms with Gasteiger partial charge in [-0.3, -0.25) is 9.69 Å². The average Bonchev–Trinajstić information content (AvgIpc) is 3.08. The maximum atomic E-state index is 11.9. The van der Waals surface area contributed by atoms with Gasteiger partial charge in [0.2, 0.25) is 5.91 Å². The highest BCUT2D eigenvalue weighted by Crippen LogP contribution is 2.22. The van der Waals surface area contributed by atoms with Gasteiger partial charge in [0.15, 0.2) is 0 Å². The van der Waals surface area contributed by atoms with Gasteiger partial charge in [-0.2, -0.15) is 0 Å². The molecular weight excluding hydrogens is 306 g/mol. The molecule has 23 heavy (non-hydrogen) atoms.